The molecule has 0 amide bonds. The molecule has 1 aromatic carbocycles. The van der Waals surface area contributed by atoms with Crippen LogP contribution in [0.3, 0.4) is 0 Å². The van der Waals surface area contributed by atoms with Crippen molar-refractivity contribution in [1.29, 1.82) is 0 Å². The van der Waals surface area contributed by atoms with Crippen LogP contribution in [0, 0.1) is 0 Å². The predicted molar refractivity (Wildman–Crippen MR) is 58.7 cm³/mol. The number of hydrogen-bond acceptors (Lipinski definition) is 2. The van der Waals surface area contributed by atoms with Gasteiger partial charge in [-0.15, -0.1) is 0 Å². The second-order valence-electron chi connectivity index (χ2n) is 4.11. The number of quaternary nitrogens is 1. The fraction of sp³-hybridized carbons (Fsp3) is 0.500. The standard InChI is InChI=1S/C12H17NO2/c1-13-5-4-9-6-11(14-2)12(15-3)7-10(9)8-13/h6-7H,4-5,8H2,1-3H3/p+1. The maximum atomic E-state index is 5.30. The molecule has 1 heterocycles. The van der Waals surface area contributed by atoms with Crippen LogP contribution in [0.2, 0.25) is 0 Å². The first-order valence-corrected chi connectivity index (χ1v) is 5.29. The summed E-state index contributed by atoms with van der Waals surface area (Å²) in [6, 6.07) is 4.22. The molecule has 2 rings (SSSR count). The normalized spacial score (nSPS) is 19.5. The van der Waals surface area contributed by atoms with Crippen LogP contribution in [-0.2, 0) is 13.0 Å². The Balaban J connectivity index is 2.41. The number of ether oxygens (including phenoxy) is 2. The third-order valence-electron chi connectivity index (χ3n) is 3.02. The van der Waals surface area contributed by atoms with Crippen LogP contribution >= 0.6 is 0 Å². The van der Waals surface area contributed by atoms with Crippen molar-refractivity contribution in [3.63, 3.8) is 0 Å². The molecule has 0 aliphatic carbocycles. The summed E-state index contributed by atoms with van der Waals surface area (Å²) in [6.45, 7) is 2.28. The summed E-state index contributed by atoms with van der Waals surface area (Å²) in [7, 11) is 5.59. The van der Waals surface area contributed by atoms with Crippen LogP contribution in [0.25, 0.3) is 0 Å². The molecule has 1 aliphatic rings. The lowest BCUT2D eigenvalue weighted by molar-refractivity contribution is -0.895. The van der Waals surface area contributed by atoms with E-state index in [0.717, 1.165) is 24.5 Å². The van der Waals surface area contributed by atoms with Gasteiger partial charge < -0.3 is 14.4 Å². The zero-order chi connectivity index (χ0) is 10.8. The van der Waals surface area contributed by atoms with Gasteiger partial charge in [0.05, 0.1) is 27.8 Å². The summed E-state index contributed by atoms with van der Waals surface area (Å²) in [6.07, 6.45) is 1.13. The average Bonchev–Trinajstić information content (AvgIpc) is 2.27. The van der Waals surface area contributed by atoms with E-state index in [2.05, 4.69) is 19.2 Å². The highest BCUT2D eigenvalue weighted by molar-refractivity contribution is 5.47. The molecule has 1 unspecified atom stereocenters. The number of rotatable bonds is 2. The summed E-state index contributed by atoms with van der Waals surface area (Å²) in [4.78, 5) is 1.55. The molecule has 0 bridgehead atoms. The highest BCUT2D eigenvalue weighted by Gasteiger charge is 2.19. The first kappa shape index (κ1) is 10.3. The molecule has 3 heteroatoms. The monoisotopic (exact) mass is 208 g/mol. The molecule has 0 saturated heterocycles. The highest BCUT2D eigenvalue weighted by atomic mass is 16.5. The molecule has 1 atom stereocenters. The minimum Gasteiger partial charge on any atom is -0.493 e. The Morgan fingerprint density at radius 3 is 2.27 bits per heavy atom. The van der Waals surface area contributed by atoms with Crippen molar-refractivity contribution >= 4 is 0 Å². The van der Waals surface area contributed by atoms with Crippen molar-refractivity contribution in [2.75, 3.05) is 27.8 Å². The first-order valence-electron chi connectivity index (χ1n) is 5.29. The molecule has 0 saturated carbocycles. The van der Waals surface area contributed by atoms with Gasteiger partial charge in [0.1, 0.15) is 6.54 Å². The van der Waals surface area contributed by atoms with Gasteiger partial charge in [-0.3, -0.25) is 0 Å². The van der Waals surface area contributed by atoms with Crippen LogP contribution in [0.5, 0.6) is 11.5 Å². The van der Waals surface area contributed by atoms with Gasteiger partial charge >= 0.3 is 0 Å². The summed E-state index contributed by atoms with van der Waals surface area (Å²) < 4.78 is 10.6. The van der Waals surface area contributed by atoms with E-state index in [1.165, 1.54) is 17.7 Å². The van der Waals surface area contributed by atoms with Gasteiger partial charge in [-0.1, -0.05) is 0 Å². The van der Waals surface area contributed by atoms with Crippen molar-refractivity contribution in [1.82, 2.24) is 0 Å². The molecule has 3 nitrogen and oxygen atoms in total. The molecule has 0 radical (unpaired) electrons. The molecule has 0 spiro atoms. The van der Waals surface area contributed by atoms with E-state index < -0.39 is 0 Å². The van der Waals surface area contributed by atoms with Crippen molar-refractivity contribution in [2.45, 2.75) is 13.0 Å². The average molecular weight is 208 g/mol. The van der Waals surface area contributed by atoms with E-state index in [0.29, 0.717) is 0 Å². The number of benzene rings is 1. The van der Waals surface area contributed by atoms with Gasteiger partial charge in [0.2, 0.25) is 0 Å². The van der Waals surface area contributed by atoms with Crippen LogP contribution < -0.4 is 14.4 Å². The number of hydrogen-bond donors (Lipinski definition) is 1. The molecule has 82 valence electrons. The Morgan fingerprint density at radius 1 is 1.07 bits per heavy atom. The lowest BCUT2D eigenvalue weighted by atomic mass is 9.99. The van der Waals surface area contributed by atoms with E-state index in [-0.39, 0.29) is 0 Å². The van der Waals surface area contributed by atoms with E-state index >= 15 is 0 Å². The van der Waals surface area contributed by atoms with Crippen LogP contribution in [0.4, 0.5) is 0 Å². The summed E-state index contributed by atoms with van der Waals surface area (Å²) in [5, 5.41) is 0. The van der Waals surface area contributed by atoms with Crippen molar-refractivity contribution < 1.29 is 14.4 Å². The molecule has 15 heavy (non-hydrogen) atoms. The Labute approximate surface area is 90.6 Å². The van der Waals surface area contributed by atoms with E-state index in [1.54, 1.807) is 19.1 Å². The van der Waals surface area contributed by atoms with Crippen LogP contribution in [0.15, 0.2) is 12.1 Å². The van der Waals surface area contributed by atoms with Gasteiger partial charge in [-0.25, -0.2) is 0 Å². The fourth-order valence-corrected chi connectivity index (χ4v) is 2.12. The maximum absolute atomic E-state index is 5.30. The number of nitrogens with one attached hydrogen (secondary N) is 1. The maximum Gasteiger partial charge on any atom is 0.161 e. The number of likely N-dealkylation sites (N-methyl/N-ethyl adjacent to an activating group) is 1. The Hall–Kier alpha value is -1.22. The van der Waals surface area contributed by atoms with Crippen molar-refractivity contribution in [3.8, 4) is 11.5 Å². The minimum atomic E-state index is 0.839. The van der Waals surface area contributed by atoms with E-state index in [9.17, 15) is 0 Å². The lowest BCUT2D eigenvalue weighted by Crippen LogP contribution is -3.08. The van der Waals surface area contributed by atoms with Crippen molar-refractivity contribution in [2.24, 2.45) is 0 Å². The molecular formula is C12H18NO2+. The zero-order valence-corrected chi connectivity index (χ0v) is 9.59. The lowest BCUT2D eigenvalue weighted by Gasteiger charge is -2.23. The van der Waals surface area contributed by atoms with Gasteiger partial charge in [0.25, 0.3) is 0 Å². The van der Waals surface area contributed by atoms with Gasteiger partial charge in [0, 0.05) is 12.0 Å². The second-order valence-corrected chi connectivity index (χ2v) is 4.11. The van der Waals surface area contributed by atoms with E-state index in [4.69, 9.17) is 9.47 Å². The number of methoxy groups -OCH3 is 2. The minimum absolute atomic E-state index is 0.839. The second kappa shape index (κ2) is 4.11. The number of fused-ring (bicyclic) bond motifs is 1. The van der Waals surface area contributed by atoms with Crippen LogP contribution in [-0.4, -0.2) is 27.8 Å². The third-order valence-corrected chi connectivity index (χ3v) is 3.02. The summed E-state index contributed by atoms with van der Waals surface area (Å²) in [5.74, 6) is 1.68. The van der Waals surface area contributed by atoms with Crippen molar-refractivity contribution in [3.05, 3.63) is 23.3 Å². The van der Waals surface area contributed by atoms with Gasteiger partial charge in [0.15, 0.2) is 11.5 Å². The third kappa shape index (κ3) is 1.92. The molecule has 1 aliphatic heterocycles. The zero-order valence-electron chi connectivity index (χ0n) is 9.59. The van der Waals surface area contributed by atoms with E-state index in [1.807, 2.05) is 0 Å². The molecule has 1 N–H and O–H groups in total. The summed E-state index contributed by atoms with van der Waals surface area (Å²) >= 11 is 0. The van der Waals surface area contributed by atoms with Crippen LogP contribution in [0.1, 0.15) is 11.1 Å². The van der Waals surface area contributed by atoms with Gasteiger partial charge in [-0.05, 0) is 17.7 Å². The Kier molecular flexibility index (Phi) is 2.82. The SMILES string of the molecule is COc1cc2c(cc1OC)C[NH+](C)CC2. The quantitative estimate of drug-likeness (QED) is 0.754. The highest BCUT2D eigenvalue weighted by Crippen LogP contribution is 2.31. The smallest absolute Gasteiger partial charge is 0.161 e. The molecule has 0 aromatic heterocycles. The Morgan fingerprint density at radius 2 is 1.67 bits per heavy atom. The molecular weight excluding hydrogens is 190 g/mol. The topological polar surface area (TPSA) is 22.9 Å². The largest absolute Gasteiger partial charge is 0.493 e. The molecule has 1 aromatic rings. The fourth-order valence-electron chi connectivity index (χ4n) is 2.12. The van der Waals surface area contributed by atoms with Gasteiger partial charge in [-0.2, -0.15) is 0 Å². The Bertz CT molecular complexity index is 363. The predicted octanol–water partition coefficient (Wildman–Crippen LogP) is 0.275. The summed E-state index contributed by atoms with van der Waals surface area (Å²) in [5.41, 5.74) is 2.79. The molecule has 0 fully saturated rings. The first-order chi connectivity index (χ1) is 7.24.